The zero-order valence-corrected chi connectivity index (χ0v) is 14.2. The molecule has 0 bridgehead atoms. The lowest BCUT2D eigenvalue weighted by Crippen LogP contribution is -2.55. The SMILES string of the molecule is Cc1ncoc1CNC(=O)N1CCCC2(C=Cc3ccccc3O2)C1. The topological polar surface area (TPSA) is 67.6 Å². The molecule has 130 valence electrons. The van der Waals surface area contributed by atoms with Gasteiger partial charge in [-0.25, -0.2) is 9.78 Å². The first-order valence-electron chi connectivity index (χ1n) is 8.54. The standard InChI is InChI=1S/C19H21N3O3/c1-14-17(24-13-21-14)11-20-18(23)22-10-4-8-19(12-22)9-7-15-5-2-3-6-16(15)25-19/h2-3,5-7,9,13H,4,8,10-12H2,1H3,(H,20,23). The Kier molecular flexibility index (Phi) is 3.95. The van der Waals surface area contributed by atoms with E-state index < -0.39 is 5.60 Å². The Morgan fingerprint density at radius 3 is 3.12 bits per heavy atom. The number of likely N-dealkylation sites (tertiary alicyclic amines) is 1. The van der Waals surface area contributed by atoms with Gasteiger partial charge in [0, 0.05) is 12.1 Å². The van der Waals surface area contributed by atoms with Crippen LogP contribution in [0.5, 0.6) is 5.75 Å². The molecule has 0 saturated carbocycles. The normalized spacial score (nSPS) is 21.7. The Labute approximate surface area is 146 Å². The Hall–Kier alpha value is -2.76. The first-order chi connectivity index (χ1) is 12.2. The molecule has 6 heteroatoms. The first kappa shape index (κ1) is 15.7. The van der Waals surface area contributed by atoms with E-state index in [4.69, 9.17) is 9.15 Å². The number of hydrogen-bond donors (Lipinski definition) is 1. The summed E-state index contributed by atoms with van der Waals surface area (Å²) in [6, 6.07) is 7.87. The Balaban J connectivity index is 1.43. The van der Waals surface area contributed by atoms with Crippen LogP contribution in [0, 0.1) is 6.92 Å². The number of nitrogens with zero attached hydrogens (tertiary/aromatic N) is 2. The van der Waals surface area contributed by atoms with E-state index in [9.17, 15) is 4.79 Å². The number of hydrogen-bond acceptors (Lipinski definition) is 4. The maximum Gasteiger partial charge on any atom is 0.317 e. The number of urea groups is 1. The van der Waals surface area contributed by atoms with Gasteiger partial charge >= 0.3 is 6.03 Å². The molecule has 25 heavy (non-hydrogen) atoms. The van der Waals surface area contributed by atoms with Crippen LogP contribution >= 0.6 is 0 Å². The van der Waals surface area contributed by atoms with Crippen LogP contribution in [0.25, 0.3) is 6.08 Å². The molecule has 2 aromatic rings. The van der Waals surface area contributed by atoms with Gasteiger partial charge in [0.25, 0.3) is 0 Å². The molecule has 1 unspecified atom stereocenters. The molecule has 0 radical (unpaired) electrons. The van der Waals surface area contributed by atoms with Crippen molar-refractivity contribution in [2.75, 3.05) is 13.1 Å². The van der Waals surface area contributed by atoms with Crippen LogP contribution in [0.3, 0.4) is 0 Å². The van der Waals surface area contributed by atoms with Crippen molar-refractivity contribution in [3.05, 3.63) is 53.8 Å². The van der Waals surface area contributed by atoms with Crippen LogP contribution in [0.4, 0.5) is 4.79 Å². The highest BCUT2D eigenvalue weighted by atomic mass is 16.5. The quantitative estimate of drug-likeness (QED) is 0.913. The van der Waals surface area contributed by atoms with E-state index in [0.717, 1.165) is 36.4 Å². The first-order valence-corrected chi connectivity index (χ1v) is 8.54. The van der Waals surface area contributed by atoms with Crippen LogP contribution in [-0.2, 0) is 6.54 Å². The number of carbonyl (C=O) groups excluding carboxylic acids is 1. The maximum absolute atomic E-state index is 12.5. The summed E-state index contributed by atoms with van der Waals surface area (Å²) >= 11 is 0. The van der Waals surface area contributed by atoms with Gasteiger partial charge in [0.1, 0.15) is 17.1 Å². The van der Waals surface area contributed by atoms with Crippen LogP contribution < -0.4 is 10.1 Å². The third-order valence-corrected chi connectivity index (χ3v) is 4.82. The summed E-state index contributed by atoms with van der Waals surface area (Å²) < 4.78 is 11.5. The largest absolute Gasteiger partial charge is 0.481 e. The lowest BCUT2D eigenvalue weighted by molar-refractivity contribution is 0.0413. The number of aryl methyl sites for hydroxylation is 1. The fourth-order valence-electron chi connectivity index (χ4n) is 3.41. The molecule has 2 aliphatic rings. The van der Waals surface area contributed by atoms with Crippen LogP contribution in [0.1, 0.15) is 29.9 Å². The number of nitrogens with one attached hydrogen (secondary N) is 1. The molecule has 1 atom stereocenters. The molecule has 1 aromatic heterocycles. The van der Waals surface area contributed by atoms with Gasteiger partial charge in [0.05, 0.1) is 18.8 Å². The number of piperidine rings is 1. The van der Waals surface area contributed by atoms with Crippen molar-refractivity contribution in [2.45, 2.75) is 31.9 Å². The van der Waals surface area contributed by atoms with Crippen LogP contribution in [-0.4, -0.2) is 34.6 Å². The summed E-state index contributed by atoms with van der Waals surface area (Å²) in [6.45, 7) is 3.47. The van der Waals surface area contributed by atoms with E-state index in [0.29, 0.717) is 18.8 Å². The van der Waals surface area contributed by atoms with Gasteiger partial charge in [0.2, 0.25) is 0 Å². The van der Waals surface area contributed by atoms with Gasteiger partial charge in [-0.1, -0.05) is 24.3 Å². The van der Waals surface area contributed by atoms with Crippen molar-refractivity contribution < 1.29 is 13.9 Å². The van der Waals surface area contributed by atoms with E-state index in [2.05, 4.69) is 22.5 Å². The molecule has 1 N–H and O–H groups in total. The number of fused-ring (bicyclic) bond motifs is 1. The lowest BCUT2D eigenvalue weighted by Gasteiger charge is -2.42. The second kappa shape index (κ2) is 6.27. The minimum absolute atomic E-state index is 0.106. The number of ether oxygens (including phenoxy) is 1. The number of aromatic nitrogens is 1. The number of rotatable bonds is 2. The summed E-state index contributed by atoms with van der Waals surface area (Å²) in [7, 11) is 0. The highest BCUT2D eigenvalue weighted by molar-refractivity contribution is 5.74. The van der Waals surface area contributed by atoms with Crippen molar-refractivity contribution in [3.8, 4) is 5.75 Å². The van der Waals surface area contributed by atoms with Gasteiger partial charge in [-0.2, -0.15) is 0 Å². The van der Waals surface area contributed by atoms with E-state index >= 15 is 0 Å². The third kappa shape index (κ3) is 3.12. The van der Waals surface area contributed by atoms with Gasteiger partial charge in [0.15, 0.2) is 6.39 Å². The molecular formula is C19H21N3O3. The Morgan fingerprint density at radius 1 is 1.40 bits per heavy atom. The van der Waals surface area contributed by atoms with Gasteiger partial charge in [-0.15, -0.1) is 0 Å². The van der Waals surface area contributed by atoms with Crippen molar-refractivity contribution in [2.24, 2.45) is 0 Å². The molecule has 2 aliphatic heterocycles. The van der Waals surface area contributed by atoms with Crippen molar-refractivity contribution in [1.82, 2.24) is 15.2 Å². The monoisotopic (exact) mass is 339 g/mol. The zero-order chi connectivity index (χ0) is 17.3. The average molecular weight is 339 g/mol. The Bertz CT molecular complexity index is 814. The smallest absolute Gasteiger partial charge is 0.317 e. The highest BCUT2D eigenvalue weighted by Gasteiger charge is 2.39. The average Bonchev–Trinajstić information content (AvgIpc) is 3.04. The summed E-state index contributed by atoms with van der Waals surface area (Å²) in [5.74, 6) is 1.56. The zero-order valence-electron chi connectivity index (χ0n) is 14.2. The van der Waals surface area contributed by atoms with E-state index in [1.165, 1.54) is 6.39 Å². The fourth-order valence-corrected chi connectivity index (χ4v) is 3.41. The number of oxazole rings is 1. The molecule has 1 aromatic carbocycles. The summed E-state index contributed by atoms with van der Waals surface area (Å²) in [5.41, 5.74) is 1.44. The number of carbonyl (C=O) groups is 1. The second-order valence-electron chi connectivity index (χ2n) is 6.58. The van der Waals surface area contributed by atoms with E-state index in [-0.39, 0.29) is 6.03 Å². The number of amides is 2. The molecule has 4 rings (SSSR count). The number of benzene rings is 1. The molecule has 1 fully saturated rings. The van der Waals surface area contributed by atoms with Gasteiger partial charge < -0.3 is 19.4 Å². The molecule has 0 aliphatic carbocycles. The van der Waals surface area contributed by atoms with Crippen molar-refractivity contribution in [3.63, 3.8) is 0 Å². The molecular weight excluding hydrogens is 318 g/mol. The minimum Gasteiger partial charge on any atom is -0.481 e. The van der Waals surface area contributed by atoms with Crippen molar-refractivity contribution >= 4 is 12.1 Å². The highest BCUT2D eigenvalue weighted by Crippen LogP contribution is 2.35. The molecule has 6 nitrogen and oxygen atoms in total. The lowest BCUT2D eigenvalue weighted by atomic mass is 9.89. The molecule has 1 saturated heterocycles. The Morgan fingerprint density at radius 2 is 2.28 bits per heavy atom. The van der Waals surface area contributed by atoms with E-state index in [1.54, 1.807) is 0 Å². The molecule has 2 amide bonds. The van der Waals surface area contributed by atoms with Gasteiger partial charge in [-0.05, 0) is 31.9 Å². The number of para-hydroxylation sites is 1. The predicted octanol–water partition coefficient (Wildman–Crippen LogP) is 3.13. The summed E-state index contributed by atoms with van der Waals surface area (Å²) in [6.07, 6.45) is 7.39. The van der Waals surface area contributed by atoms with Gasteiger partial charge in [-0.3, -0.25) is 0 Å². The predicted molar refractivity (Wildman–Crippen MR) is 93.1 cm³/mol. The second-order valence-corrected chi connectivity index (χ2v) is 6.58. The minimum atomic E-state index is -0.438. The van der Waals surface area contributed by atoms with E-state index in [1.807, 2.05) is 36.1 Å². The molecule has 1 spiro atoms. The van der Waals surface area contributed by atoms with Crippen LogP contribution in [0.2, 0.25) is 0 Å². The summed E-state index contributed by atoms with van der Waals surface area (Å²) in [4.78, 5) is 18.4. The maximum atomic E-state index is 12.5. The van der Waals surface area contributed by atoms with Crippen LogP contribution in [0.15, 0.2) is 41.2 Å². The molecule has 3 heterocycles. The fraction of sp³-hybridized carbons (Fsp3) is 0.368. The van der Waals surface area contributed by atoms with Crippen molar-refractivity contribution in [1.29, 1.82) is 0 Å². The summed E-state index contributed by atoms with van der Waals surface area (Å²) in [5, 5.41) is 2.91. The third-order valence-electron chi connectivity index (χ3n) is 4.82.